The number of aliphatic hydroxyl groups is 1. The maximum Gasteiger partial charge on any atom is 0.0558 e. The number of aliphatic hydroxyl groups excluding tert-OH is 1. The highest BCUT2D eigenvalue weighted by molar-refractivity contribution is 4.81. The third-order valence-electron chi connectivity index (χ3n) is 4.07. The summed E-state index contributed by atoms with van der Waals surface area (Å²) < 4.78 is 0. The molecule has 1 rings (SSSR count). The van der Waals surface area contributed by atoms with E-state index in [4.69, 9.17) is 5.11 Å². The molecule has 0 saturated heterocycles. The minimum absolute atomic E-state index is 0.290. The predicted octanol–water partition coefficient (Wildman–Crippen LogP) is 2.25. The minimum Gasteiger partial charge on any atom is -0.395 e. The van der Waals surface area contributed by atoms with Gasteiger partial charge in [0, 0.05) is 19.1 Å². The van der Waals surface area contributed by atoms with E-state index in [0.29, 0.717) is 12.6 Å². The van der Waals surface area contributed by atoms with Crippen LogP contribution in [0.2, 0.25) is 0 Å². The zero-order chi connectivity index (χ0) is 13.2. The molecule has 0 aromatic carbocycles. The summed E-state index contributed by atoms with van der Waals surface area (Å²) in [7, 11) is 0. The zero-order valence-corrected chi connectivity index (χ0v) is 12.3. The van der Waals surface area contributed by atoms with Crippen molar-refractivity contribution in [2.24, 2.45) is 5.92 Å². The fraction of sp³-hybridized carbons (Fsp3) is 1.00. The van der Waals surface area contributed by atoms with Crippen molar-refractivity contribution < 1.29 is 5.11 Å². The summed E-state index contributed by atoms with van der Waals surface area (Å²) >= 11 is 0. The molecule has 108 valence electrons. The zero-order valence-electron chi connectivity index (χ0n) is 12.3. The molecule has 0 heterocycles. The molecule has 1 aliphatic rings. The highest BCUT2D eigenvalue weighted by atomic mass is 16.3. The van der Waals surface area contributed by atoms with E-state index < -0.39 is 0 Å². The lowest BCUT2D eigenvalue weighted by Crippen LogP contribution is -2.42. The van der Waals surface area contributed by atoms with Crippen LogP contribution < -0.4 is 5.32 Å². The van der Waals surface area contributed by atoms with Gasteiger partial charge >= 0.3 is 0 Å². The molecule has 0 aromatic heterocycles. The van der Waals surface area contributed by atoms with Crippen molar-refractivity contribution in [3.63, 3.8) is 0 Å². The van der Waals surface area contributed by atoms with Gasteiger partial charge in [-0.1, -0.05) is 33.1 Å². The number of nitrogens with zero attached hydrogens (tertiary/aromatic N) is 1. The van der Waals surface area contributed by atoms with Crippen LogP contribution in [-0.2, 0) is 0 Å². The molecule has 1 saturated carbocycles. The largest absolute Gasteiger partial charge is 0.395 e. The van der Waals surface area contributed by atoms with Crippen LogP contribution in [-0.4, -0.2) is 48.8 Å². The van der Waals surface area contributed by atoms with Crippen LogP contribution in [0.5, 0.6) is 0 Å². The smallest absolute Gasteiger partial charge is 0.0558 e. The van der Waals surface area contributed by atoms with E-state index in [2.05, 4.69) is 24.1 Å². The Morgan fingerprint density at radius 2 is 1.89 bits per heavy atom. The first-order chi connectivity index (χ1) is 8.81. The molecule has 1 aliphatic carbocycles. The summed E-state index contributed by atoms with van der Waals surface area (Å²) in [6, 6.07) is 0.690. The summed E-state index contributed by atoms with van der Waals surface area (Å²) in [5.41, 5.74) is 0. The second-order valence-corrected chi connectivity index (χ2v) is 5.59. The number of hydrogen-bond donors (Lipinski definition) is 2. The van der Waals surface area contributed by atoms with Gasteiger partial charge in [-0.3, -0.25) is 0 Å². The van der Waals surface area contributed by atoms with Gasteiger partial charge in [0.15, 0.2) is 0 Å². The average Bonchev–Trinajstić information content (AvgIpc) is 2.57. The molecule has 0 radical (unpaired) electrons. The van der Waals surface area contributed by atoms with E-state index in [9.17, 15) is 0 Å². The van der Waals surface area contributed by atoms with Crippen molar-refractivity contribution in [3.05, 3.63) is 0 Å². The predicted molar refractivity (Wildman–Crippen MR) is 77.9 cm³/mol. The van der Waals surface area contributed by atoms with E-state index in [0.717, 1.165) is 32.1 Å². The van der Waals surface area contributed by atoms with Gasteiger partial charge in [0.1, 0.15) is 0 Å². The lowest BCUT2D eigenvalue weighted by atomic mass is 9.94. The summed E-state index contributed by atoms with van der Waals surface area (Å²) in [5, 5.41) is 12.8. The second kappa shape index (κ2) is 9.76. The van der Waals surface area contributed by atoms with E-state index in [1.807, 2.05) is 0 Å². The maximum atomic E-state index is 9.16. The number of rotatable bonds is 8. The van der Waals surface area contributed by atoms with Gasteiger partial charge in [-0.25, -0.2) is 0 Å². The summed E-state index contributed by atoms with van der Waals surface area (Å²) in [5.74, 6) is 0.769. The molecule has 0 aliphatic heterocycles. The molecule has 18 heavy (non-hydrogen) atoms. The Balaban J connectivity index is 2.51. The molecule has 2 N–H and O–H groups in total. The SMILES string of the molecule is CCCN(CCO)CC1CCCCCC1NCC. The molecule has 0 spiro atoms. The summed E-state index contributed by atoms with van der Waals surface area (Å²) in [6.07, 6.45) is 8.01. The third kappa shape index (κ3) is 5.68. The topological polar surface area (TPSA) is 35.5 Å². The van der Waals surface area contributed by atoms with Gasteiger partial charge in [-0.2, -0.15) is 0 Å². The Morgan fingerprint density at radius 1 is 1.11 bits per heavy atom. The van der Waals surface area contributed by atoms with Gasteiger partial charge in [0.05, 0.1) is 6.61 Å². The first-order valence-corrected chi connectivity index (χ1v) is 7.88. The van der Waals surface area contributed by atoms with Gasteiger partial charge in [-0.15, -0.1) is 0 Å². The number of hydrogen-bond acceptors (Lipinski definition) is 3. The molecule has 0 aromatic rings. The first kappa shape index (κ1) is 15.9. The fourth-order valence-electron chi connectivity index (χ4n) is 3.22. The monoisotopic (exact) mass is 256 g/mol. The van der Waals surface area contributed by atoms with Gasteiger partial charge < -0.3 is 15.3 Å². The van der Waals surface area contributed by atoms with Crippen LogP contribution in [0.15, 0.2) is 0 Å². The third-order valence-corrected chi connectivity index (χ3v) is 4.07. The molecule has 2 atom stereocenters. The summed E-state index contributed by atoms with van der Waals surface area (Å²) in [6.45, 7) is 8.91. The van der Waals surface area contributed by atoms with Crippen molar-refractivity contribution >= 4 is 0 Å². The average molecular weight is 256 g/mol. The van der Waals surface area contributed by atoms with Gasteiger partial charge in [-0.05, 0) is 38.3 Å². The fourth-order valence-corrected chi connectivity index (χ4v) is 3.22. The Morgan fingerprint density at radius 3 is 2.56 bits per heavy atom. The van der Waals surface area contributed by atoms with E-state index in [1.54, 1.807) is 0 Å². The van der Waals surface area contributed by atoms with Crippen molar-refractivity contribution in [2.45, 2.75) is 58.4 Å². The molecule has 0 bridgehead atoms. The van der Waals surface area contributed by atoms with Crippen molar-refractivity contribution in [1.29, 1.82) is 0 Å². The molecule has 3 heteroatoms. The van der Waals surface area contributed by atoms with Gasteiger partial charge in [0.25, 0.3) is 0 Å². The molecular formula is C15H32N2O. The maximum absolute atomic E-state index is 9.16. The normalized spacial score (nSPS) is 25.3. The van der Waals surface area contributed by atoms with Crippen LogP contribution in [0.1, 0.15) is 52.4 Å². The molecular weight excluding hydrogens is 224 g/mol. The first-order valence-electron chi connectivity index (χ1n) is 7.88. The van der Waals surface area contributed by atoms with Crippen molar-refractivity contribution in [1.82, 2.24) is 10.2 Å². The molecule has 2 unspecified atom stereocenters. The van der Waals surface area contributed by atoms with Crippen LogP contribution in [0, 0.1) is 5.92 Å². The molecule has 1 fully saturated rings. The van der Waals surface area contributed by atoms with Crippen LogP contribution >= 0.6 is 0 Å². The lowest BCUT2D eigenvalue weighted by Gasteiger charge is -2.31. The Hall–Kier alpha value is -0.120. The number of nitrogens with one attached hydrogen (secondary N) is 1. The van der Waals surface area contributed by atoms with E-state index >= 15 is 0 Å². The quantitative estimate of drug-likeness (QED) is 0.654. The minimum atomic E-state index is 0.290. The Labute approximate surface area is 113 Å². The van der Waals surface area contributed by atoms with Crippen LogP contribution in [0.4, 0.5) is 0 Å². The van der Waals surface area contributed by atoms with Crippen molar-refractivity contribution in [3.8, 4) is 0 Å². The molecule has 0 amide bonds. The van der Waals surface area contributed by atoms with Crippen molar-refractivity contribution in [2.75, 3.05) is 32.8 Å². The Kier molecular flexibility index (Phi) is 8.64. The van der Waals surface area contributed by atoms with Crippen LogP contribution in [0.25, 0.3) is 0 Å². The summed E-state index contributed by atoms with van der Waals surface area (Å²) in [4.78, 5) is 2.44. The lowest BCUT2D eigenvalue weighted by molar-refractivity contribution is 0.157. The highest BCUT2D eigenvalue weighted by Crippen LogP contribution is 2.24. The standard InChI is InChI=1S/C15H32N2O/c1-3-10-17(11-12-18)13-14-8-6-5-7-9-15(14)16-4-2/h14-16,18H,3-13H2,1-2H3. The van der Waals surface area contributed by atoms with Crippen LogP contribution in [0.3, 0.4) is 0 Å². The Bertz CT molecular complexity index is 193. The second-order valence-electron chi connectivity index (χ2n) is 5.59. The molecule has 3 nitrogen and oxygen atoms in total. The highest BCUT2D eigenvalue weighted by Gasteiger charge is 2.24. The van der Waals surface area contributed by atoms with Gasteiger partial charge in [0.2, 0.25) is 0 Å². The van der Waals surface area contributed by atoms with E-state index in [1.165, 1.54) is 38.5 Å². The van der Waals surface area contributed by atoms with E-state index in [-0.39, 0.29) is 0 Å².